The van der Waals surface area contributed by atoms with Crippen LogP contribution in [0.15, 0.2) is 48.8 Å². The molecule has 5 rings (SSSR count). The fraction of sp³-hybridized carbons (Fsp3) is 0.500. The number of aliphatic hydroxyl groups excluding tert-OH is 1. The van der Waals surface area contributed by atoms with Crippen molar-refractivity contribution in [2.45, 2.75) is 83.2 Å². The van der Waals surface area contributed by atoms with Gasteiger partial charge in [-0.05, 0) is 52.0 Å². The van der Waals surface area contributed by atoms with E-state index in [4.69, 9.17) is 29.0 Å². The second-order valence-corrected chi connectivity index (χ2v) is 13.0. The summed E-state index contributed by atoms with van der Waals surface area (Å²) in [4.78, 5) is 29.6. The minimum atomic E-state index is -4.42. The van der Waals surface area contributed by atoms with Crippen molar-refractivity contribution >= 4 is 31.0 Å². The van der Waals surface area contributed by atoms with E-state index < -0.39 is 67.3 Å². The quantitative estimate of drug-likeness (QED) is 0.211. The van der Waals surface area contributed by atoms with Gasteiger partial charge < -0.3 is 29.6 Å². The van der Waals surface area contributed by atoms with Crippen molar-refractivity contribution in [2.75, 3.05) is 5.73 Å². The molecule has 1 aliphatic heterocycles. The smallest absolute Gasteiger partial charge is 0.459 e. The number of fused-ring (bicyclic) bond motifs is 2. The highest BCUT2D eigenvalue weighted by Gasteiger charge is 2.90. The Balaban J connectivity index is 1.49. The number of anilines is 1. The summed E-state index contributed by atoms with van der Waals surface area (Å²) in [6, 6.07) is 10.4. The third-order valence-electron chi connectivity index (χ3n) is 7.49. The number of carbonyl (C=O) groups is 2. The molecule has 0 bridgehead atoms. The first-order valence-corrected chi connectivity index (χ1v) is 15.4. The number of ether oxygens (including phenoxy) is 3. The number of rotatable bonds is 11. The minimum absolute atomic E-state index is 0.184. The summed E-state index contributed by atoms with van der Waals surface area (Å²) in [6.07, 6.45) is -2.95. The van der Waals surface area contributed by atoms with Gasteiger partial charge in [0.1, 0.15) is 47.5 Å². The Morgan fingerprint density at radius 2 is 1.81 bits per heavy atom. The van der Waals surface area contributed by atoms with Crippen molar-refractivity contribution in [3.8, 4) is 5.75 Å². The topological polar surface area (TPSA) is 186 Å². The number of benzene rings is 1. The number of nitrogen functional groups attached to an aromatic ring is 1. The molecular weight excluding hydrogens is 581 g/mol. The standard InChI is InChI=1S/C28H36N5O9P/c1-15(2)24(35)40-28-22(34)21(19-12-13-20-23(29)30-14-31-33(19)20)39-27(28,6)26(28)42-43(37,41-18-10-8-7-9-11-18)32-17(5)25(36)38-16(3)4/h7-17,21-22,26,34H,1-6H3,(H,32,37)(H2,29,30,31)/t17-,21-,22-,26?,27+,28+,43+/m0/s1. The lowest BCUT2D eigenvalue weighted by Crippen LogP contribution is -2.42. The van der Waals surface area contributed by atoms with Crippen LogP contribution in [-0.4, -0.2) is 67.2 Å². The average molecular weight is 618 g/mol. The first-order chi connectivity index (χ1) is 20.2. The summed E-state index contributed by atoms with van der Waals surface area (Å²) >= 11 is 0. The van der Waals surface area contributed by atoms with Gasteiger partial charge >= 0.3 is 19.7 Å². The third-order valence-corrected chi connectivity index (χ3v) is 9.14. The zero-order valence-electron chi connectivity index (χ0n) is 24.7. The van der Waals surface area contributed by atoms with E-state index in [1.165, 1.54) is 17.8 Å². The predicted octanol–water partition coefficient (Wildman–Crippen LogP) is 2.96. The van der Waals surface area contributed by atoms with Crippen molar-refractivity contribution in [1.82, 2.24) is 19.7 Å². The van der Waals surface area contributed by atoms with Crippen molar-refractivity contribution in [1.29, 1.82) is 0 Å². The van der Waals surface area contributed by atoms with E-state index in [0.29, 0.717) is 11.2 Å². The molecule has 43 heavy (non-hydrogen) atoms. The number of nitrogens with zero attached hydrogens (tertiary/aromatic N) is 3. The number of esters is 2. The lowest BCUT2D eigenvalue weighted by molar-refractivity contribution is -0.165. The zero-order valence-corrected chi connectivity index (χ0v) is 25.6. The van der Waals surface area contributed by atoms with Crippen molar-refractivity contribution < 1.29 is 42.5 Å². The second-order valence-electron chi connectivity index (χ2n) is 11.4. The van der Waals surface area contributed by atoms with Crippen LogP contribution in [0, 0.1) is 5.92 Å². The van der Waals surface area contributed by atoms with Gasteiger partial charge in [-0.15, -0.1) is 0 Å². The van der Waals surface area contributed by atoms with Crippen LogP contribution in [0.4, 0.5) is 5.82 Å². The number of nitrogens with one attached hydrogen (secondary N) is 1. The molecule has 1 saturated heterocycles. The van der Waals surface area contributed by atoms with Crippen LogP contribution in [0.1, 0.15) is 53.3 Å². The molecule has 14 nitrogen and oxygen atoms in total. The summed E-state index contributed by atoms with van der Waals surface area (Å²) in [7, 11) is -4.42. The molecule has 2 aromatic heterocycles. The lowest BCUT2D eigenvalue weighted by atomic mass is 10.0. The van der Waals surface area contributed by atoms with Crippen LogP contribution in [0.2, 0.25) is 0 Å². The summed E-state index contributed by atoms with van der Waals surface area (Å²) < 4.78 is 45.2. The van der Waals surface area contributed by atoms with Crippen LogP contribution in [0.25, 0.3) is 5.52 Å². The monoisotopic (exact) mass is 617 g/mol. The van der Waals surface area contributed by atoms with Gasteiger partial charge in [0.25, 0.3) is 0 Å². The van der Waals surface area contributed by atoms with E-state index in [2.05, 4.69) is 15.2 Å². The van der Waals surface area contributed by atoms with Gasteiger partial charge in [0.15, 0.2) is 5.82 Å². The molecule has 2 aliphatic rings. The van der Waals surface area contributed by atoms with E-state index in [-0.39, 0.29) is 11.6 Å². The lowest BCUT2D eigenvalue weighted by Gasteiger charge is -2.28. The number of hydrogen-bond acceptors (Lipinski definition) is 12. The van der Waals surface area contributed by atoms with E-state index in [0.717, 1.165) is 0 Å². The molecule has 1 saturated carbocycles. The Hall–Kier alpha value is -3.55. The van der Waals surface area contributed by atoms with Crippen LogP contribution in [-0.2, 0) is 32.9 Å². The van der Waals surface area contributed by atoms with Crippen LogP contribution >= 0.6 is 7.75 Å². The van der Waals surface area contributed by atoms with Crippen molar-refractivity contribution in [2.24, 2.45) is 5.92 Å². The number of hydrogen-bond donors (Lipinski definition) is 3. The maximum Gasteiger partial charge on any atom is 0.459 e. The molecule has 232 valence electrons. The molecule has 0 radical (unpaired) electrons. The SMILES string of the molecule is CC(C)OC(=O)[C@H](C)N[P@@](=O)(Oc1ccccc1)OC1[C@@]2(C)O[C@@H](c3ccc4c(N)ncnn34)[C@H](O)[C@@]12OC(=O)C(C)C. The average Bonchev–Trinajstić information content (AvgIpc) is 3.20. The zero-order chi connectivity index (χ0) is 31.3. The molecule has 2 fully saturated rings. The summed E-state index contributed by atoms with van der Waals surface area (Å²) in [5.41, 5.74) is 3.63. The van der Waals surface area contributed by atoms with Crippen LogP contribution < -0.4 is 15.3 Å². The van der Waals surface area contributed by atoms with Crippen molar-refractivity contribution in [3.63, 3.8) is 0 Å². The molecule has 15 heteroatoms. The maximum atomic E-state index is 14.3. The highest BCUT2D eigenvalue weighted by Crippen LogP contribution is 2.70. The third kappa shape index (κ3) is 5.38. The van der Waals surface area contributed by atoms with E-state index >= 15 is 0 Å². The largest absolute Gasteiger partial charge is 0.462 e. The van der Waals surface area contributed by atoms with Crippen LogP contribution in [0.5, 0.6) is 5.75 Å². The Labute approximate surface area is 248 Å². The highest BCUT2D eigenvalue weighted by molar-refractivity contribution is 7.52. The van der Waals surface area contributed by atoms with Gasteiger partial charge in [-0.25, -0.2) is 14.1 Å². The molecule has 1 aliphatic carbocycles. The van der Waals surface area contributed by atoms with Gasteiger partial charge in [-0.3, -0.25) is 14.1 Å². The fourth-order valence-electron chi connectivity index (χ4n) is 5.25. The highest BCUT2D eigenvalue weighted by atomic mass is 31.2. The number of carbonyl (C=O) groups excluding carboxylic acids is 2. The molecule has 0 spiro atoms. The predicted molar refractivity (Wildman–Crippen MR) is 153 cm³/mol. The molecule has 1 aromatic carbocycles. The summed E-state index contributed by atoms with van der Waals surface area (Å²) in [6.45, 7) is 9.68. The Bertz CT molecular complexity index is 1570. The van der Waals surface area contributed by atoms with E-state index in [1.54, 1.807) is 77.1 Å². The molecular formula is C28H36N5O9P. The number of aromatic nitrogens is 3. The molecule has 3 aromatic rings. The summed E-state index contributed by atoms with van der Waals surface area (Å²) in [5, 5.41) is 18.6. The van der Waals surface area contributed by atoms with Crippen molar-refractivity contribution in [3.05, 3.63) is 54.5 Å². The number of nitrogens with two attached hydrogens (primary N) is 1. The number of aliphatic hydroxyl groups is 1. The van der Waals surface area contributed by atoms with Crippen LogP contribution in [0.3, 0.4) is 0 Å². The molecule has 7 atom stereocenters. The normalized spacial score (nSPS) is 28.3. The Morgan fingerprint density at radius 1 is 1.12 bits per heavy atom. The second kappa shape index (κ2) is 11.2. The number of para-hydroxylation sites is 1. The Kier molecular flexibility index (Phi) is 8.03. The molecule has 0 amide bonds. The van der Waals surface area contributed by atoms with E-state index in [9.17, 15) is 19.3 Å². The molecule has 1 unspecified atom stereocenters. The minimum Gasteiger partial charge on any atom is -0.462 e. The van der Waals surface area contributed by atoms with Gasteiger partial charge in [0.2, 0.25) is 5.60 Å². The summed E-state index contributed by atoms with van der Waals surface area (Å²) in [5.74, 6) is -1.47. The van der Waals surface area contributed by atoms with E-state index in [1.807, 2.05) is 0 Å². The van der Waals surface area contributed by atoms with Gasteiger partial charge in [0.05, 0.1) is 17.7 Å². The maximum absolute atomic E-state index is 14.3. The van der Waals surface area contributed by atoms with Gasteiger partial charge in [-0.2, -0.15) is 10.2 Å². The first-order valence-electron chi connectivity index (χ1n) is 13.9. The first kappa shape index (κ1) is 30.9. The molecule has 3 heterocycles. The van der Waals surface area contributed by atoms with Gasteiger partial charge in [0, 0.05) is 0 Å². The fourth-order valence-corrected chi connectivity index (χ4v) is 7.03. The Morgan fingerprint density at radius 3 is 2.47 bits per heavy atom. The van der Waals surface area contributed by atoms with Gasteiger partial charge in [-0.1, -0.05) is 32.0 Å². The molecule has 4 N–H and O–H groups in total.